The third-order valence-corrected chi connectivity index (χ3v) is 5.89. The van der Waals surface area contributed by atoms with Gasteiger partial charge in [0.05, 0.1) is 6.04 Å². The number of halogens is 1. The number of hydrogen-bond donors (Lipinski definition) is 1. The van der Waals surface area contributed by atoms with E-state index in [0.717, 1.165) is 5.56 Å². The Morgan fingerprint density at radius 1 is 1.36 bits per heavy atom. The van der Waals surface area contributed by atoms with Crippen molar-refractivity contribution in [3.8, 4) is 0 Å². The van der Waals surface area contributed by atoms with Crippen LogP contribution < -0.4 is 5.32 Å². The van der Waals surface area contributed by atoms with Crippen LogP contribution in [0.4, 0.5) is 4.39 Å². The third kappa shape index (κ3) is 3.47. The number of hydrogen-bond acceptors (Lipinski definition) is 3. The summed E-state index contributed by atoms with van der Waals surface area (Å²) in [5.41, 5.74) is 1.35. The van der Waals surface area contributed by atoms with Crippen LogP contribution in [0.2, 0.25) is 0 Å². The maximum Gasteiger partial charge on any atom is 0.237 e. The fourth-order valence-corrected chi connectivity index (χ4v) is 4.25. The van der Waals surface area contributed by atoms with Gasteiger partial charge in [0, 0.05) is 13.1 Å². The van der Waals surface area contributed by atoms with Crippen LogP contribution >= 0.6 is 0 Å². The third-order valence-electron chi connectivity index (χ3n) is 3.96. The smallest absolute Gasteiger partial charge is 0.237 e. The van der Waals surface area contributed by atoms with Crippen LogP contribution in [0.15, 0.2) is 18.2 Å². The number of nitrogens with zero attached hydrogens (tertiary/aromatic N) is 1. The lowest BCUT2D eigenvalue weighted by molar-refractivity contribution is -0.119. The SMILES string of the molecule is CCN(CC)S(=O)(=O)CC(=O)NC1CCc2c(F)cccc21. The molecule has 0 fully saturated rings. The van der Waals surface area contributed by atoms with Crippen LogP contribution in [-0.4, -0.2) is 37.5 Å². The van der Waals surface area contributed by atoms with E-state index in [9.17, 15) is 17.6 Å². The number of carbonyl (C=O) groups is 1. The predicted molar refractivity (Wildman–Crippen MR) is 82.3 cm³/mol. The maximum absolute atomic E-state index is 13.7. The molecule has 1 aromatic carbocycles. The molecule has 1 unspecified atom stereocenters. The molecule has 0 saturated carbocycles. The second-order valence-electron chi connectivity index (χ2n) is 5.31. The van der Waals surface area contributed by atoms with Crippen molar-refractivity contribution in [1.82, 2.24) is 9.62 Å². The molecular weight excluding hydrogens is 307 g/mol. The van der Waals surface area contributed by atoms with E-state index in [1.165, 1.54) is 10.4 Å². The zero-order chi connectivity index (χ0) is 16.3. The minimum atomic E-state index is -3.60. The van der Waals surface area contributed by atoms with Crippen molar-refractivity contribution in [3.05, 3.63) is 35.1 Å². The molecule has 1 aliphatic rings. The molecule has 0 saturated heterocycles. The highest BCUT2D eigenvalue weighted by Crippen LogP contribution is 2.32. The van der Waals surface area contributed by atoms with Gasteiger partial charge in [-0.25, -0.2) is 17.1 Å². The van der Waals surface area contributed by atoms with Gasteiger partial charge in [0.15, 0.2) is 0 Å². The Hall–Kier alpha value is -1.47. The Labute approximate surface area is 130 Å². The minimum Gasteiger partial charge on any atom is -0.348 e. The van der Waals surface area contributed by atoms with Crippen molar-refractivity contribution < 1.29 is 17.6 Å². The van der Waals surface area contributed by atoms with Crippen LogP contribution in [0.3, 0.4) is 0 Å². The summed E-state index contributed by atoms with van der Waals surface area (Å²) in [5, 5.41) is 2.71. The van der Waals surface area contributed by atoms with E-state index in [2.05, 4.69) is 5.32 Å². The highest BCUT2D eigenvalue weighted by atomic mass is 32.2. The molecule has 5 nitrogen and oxygen atoms in total. The van der Waals surface area contributed by atoms with Gasteiger partial charge in [0.1, 0.15) is 11.6 Å². The molecule has 0 bridgehead atoms. The van der Waals surface area contributed by atoms with Crippen molar-refractivity contribution in [3.63, 3.8) is 0 Å². The Morgan fingerprint density at radius 3 is 2.68 bits per heavy atom. The molecule has 0 radical (unpaired) electrons. The Kier molecular flexibility index (Phi) is 5.18. The van der Waals surface area contributed by atoms with Crippen LogP contribution in [-0.2, 0) is 21.2 Å². The second-order valence-corrected chi connectivity index (χ2v) is 7.28. The van der Waals surface area contributed by atoms with Gasteiger partial charge in [-0.1, -0.05) is 26.0 Å². The van der Waals surface area contributed by atoms with Gasteiger partial charge in [-0.3, -0.25) is 4.79 Å². The van der Waals surface area contributed by atoms with Gasteiger partial charge in [0.25, 0.3) is 0 Å². The number of rotatable bonds is 6. The zero-order valence-electron chi connectivity index (χ0n) is 12.8. The Balaban J connectivity index is 2.05. The standard InChI is InChI=1S/C15H21FN2O3S/c1-3-18(4-2)22(20,21)10-15(19)17-14-9-8-11-12(14)6-5-7-13(11)16/h5-7,14H,3-4,8-10H2,1-2H3,(H,17,19). The first-order valence-electron chi connectivity index (χ1n) is 7.43. The molecule has 1 aromatic rings. The van der Waals surface area contributed by atoms with Gasteiger partial charge in [-0.15, -0.1) is 0 Å². The summed E-state index contributed by atoms with van der Waals surface area (Å²) in [6.45, 7) is 4.14. The van der Waals surface area contributed by atoms with E-state index >= 15 is 0 Å². The topological polar surface area (TPSA) is 66.5 Å². The molecule has 1 N–H and O–H groups in total. The van der Waals surface area contributed by atoms with Gasteiger partial charge in [-0.2, -0.15) is 0 Å². The van der Waals surface area contributed by atoms with Crippen molar-refractivity contribution >= 4 is 15.9 Å². The fraction of sp³-hybridized carbons (Fsp3) is 0.533. The average molecular weight is 328 g/mol. The lowest BCUT2D eigenvalue weighted by Crippen LogP contribution is -2.40. The Bertz CT molecular complexity index is 657. The van der Waals surface area contributed by atoms with E-state index in [4.69, 9.17) is 0 Å². The number of sulfonamides is 1. The molecule has 122 valence electrons. The molecule has 0 spiro atoms. The van der Waals surface area contributed by atoms with Crippen LogP contribution in [0.1, 0.15) is 37.4 Å². The fourth-order valence-electron chi connectivity index (χ4n) is 2.87. The van der Waals surface area contributed by atoms with E-state index in [1.807, 2.05) is 0 Å². The molecule has 1 amide bonds. The summed E-state index contributed by atoms with van der Waals surface area (Å²) in [7, 11) is -3.60. The predicted octanol–water partition coefficient (Wildman–Crippen LogP) is 1.60. The van der Waals surface area contributed by atoms with Crippen LogP contribution in [0, 0.1) is 5.82 Å². The molecule has 7 heteroatoms. The molecule has 0 aliphatic heterocycles. The van der Waals surface area contributed by atoms with Crippen molar-refractivity contribution in [2.75, 3.05) is 18.8 Å². The van der Waals surface area contributed by atoms with Gasteiger partial charge >= 0.3 is 0 Å². The summed E-state index contributed by atoms with van der Waals surface area (Å²) in [6.07, 6.45) is 1.14. The molecule has 1 atom stereocenters. The van der Waals surface area contributed by atoms with Crippen LogP contribution in [0.25, 0.3) is 0 Å². The number of nitrogens with one attached hydrogen (secondary N) is 1. The lowest BCUT2D eigenvalue weighted by Gasteiger charge is -2.19. The van der Waals surface area contributed by atoms with Gasteiger partial charge < -0.3 is 5.32 Å². The lowest BCUT2D eigenvalue weighted by atomic mass is 10.1. The molecule has 0 aromatic heterocycles. The maximum atomic E-state index is 13.7. The summed E-state index contributed by atoms with van der Waals surface area (Å²) < 4.78 is 39.1. The van der Waals surface area contributed by atoms with Crippen LogP contribution in [0.5, 0.6) is 0 Å². The summed E-state index contributed by atoms with van der Waals surface area (Å²) in [5.74, 6) is -1.39. The number of carbonyl (C=O) groups excluding carboxylic acids is 1. The van der Waals surface area contributed by atoms with Crippen molar-refractivity contribution in [2.24, 2.45) is 0 Å². The zero-order valence-corrected chi connectivity index (χ0v) is 13.6. The van der Waals surface area contributed by atoms with E-state index < -0.39 is 21.7 Å². The van der Waals surface area contributed by atoms with E-state index in [0.29, 0.717) is 31.5 Å². The minimum absolute atomic E-state index is 0.273. The second kappa shape index (κ2) is 6.75. The first-order chi connectivity index (χ1) is 10.4. The largest absolute Gasteiger partial charge is 0.348 e. The molecule has 22 heavy (non-hydrogen) atoms. The van der Waals surface area contributed by atoms with Gasteiger partial charge in [0.2, 0.25) is 15.9 Å². The average Bonchev–Trinajstić information content (AvgIpc) is 2.83. The number of fused-ring (bicyclic) bond motifs is 1. The van der Waals surface area contributed by atoms with E-state index in [-0.39, 0.29) is 11.9 Å². The first-order valence-corrected chi connectivity index (χ1v) is 9.04. The highest BCUT2D eigenvalue weighted by Gasteiger charge is 2.28. The first kappa shape index (κ1) is 16.9. The van der Waals surface area contributed by atoms with Crippen molar-refractivity contribution in [2.45, 2.75) is 32.7 Å². The quantitative estimate of drug-likeness (QED) is 0.862. The monoisotopic (exact) mass is 328 g/mol. The van der Waals surface area contributed by atoms with Crippen molar-refractivity contribution in [1.29, 1.82) is 0 Å². The highest BCUT2D eigenvalue weighted by molar-refractivity contribution is 7.89. The number of benzene rings is 1. The molecular formula is C15H21FN2O3S. The molecule has 1 aliphatic carbocycles. The van der Waals surface area contributed by atoms with E-state index in [1.54, 1.807) is 26.0 Å². The summed E-state index contributed by atoms with van der Waals surface area (Å²) >= 11 is 0. The van der Waals surface area contributed by atoms with Gasteiger partial charge in [-0.05, 0) is 30.0 Å². The normalized spacial score (nSPS) is 17.5. The Morgan fingerprint density at radius 2 is 2.05 bits per heavy atom. The summed E-state index contributed by atoms with van der Waals surface area (Å²) in [4.78, 5) is 12.0. The molecule has 0 heterocycles. The summed E-state index contributed by atoms with van der Waals surface area (Å²) in [6, 6.07) is 4.46. The number of amides is 1. The molecule has 2 rings (SSSR count).